The van der Waals surface area contributed by atoms with Gasteiger partial charge in [0.2, 0.25) is 10.0 Å². The summed E-state index contributed by atoms with van der Waals surface area (Å²) in [5, 5.41) is 8.87. The van der Waals surface area contributed by atoms with Crippen LogP contribution in [-0.2, 0) is 10.0 Å². The minimum atomic E-state index is -3.82. The molecule has 1 aromatic heterocycles. The van der Waals surface area contributed by atoms with E-state index in [2.05, 4.69) is 4.98 Å². The second-order valence-corrected chi connectivity index (χ2v) is 6.02. The Hall–Kier alpha value is -1.15. The molecule has 2 aromatic rings. The number of sulfonamides is 1. The lowest BCUT2D eigenvalue weighted by atomic mass is 10.3. The van der Waals surface area contributed by atoms with Crippen LogP contribution in [-0.4, -0.2) is 43.0 Å². The van der Waals surface area contributed by atoms with Crippen LogP contribution in [0.15, 0.2) is 27.8 Å². The van der Waals surface area contributed by atoms with Crippen LogP contribution in [0.2, 0.25) is 5.02 Å². The maximum absolute atomic E-state index is 12.3. The summed E-state index contributed by atoms with van der Waals surface area (Å²) in [5.41, 5.74) is 0.530. The van der Waals surface area contributed by atoms with Crippen molar-refractivity contribution in [1.82, 2.24) is 9.29 Å². The molecule has 0 fully saturated rings. The summed E-state index contributed by atoms with van der Waals surface area (Å²) in [7, 11) is -2.46. The SMILES string of the molecule is CN(CCO)S(=O)(=O)c1c(Cl)ccc2ncoc12. The van der Waals surface area contributed by atoms with Crippen LogP contribution in [0, 0.1) is 0 Å². The fourth-order valence-electron chi connectivity index (χ4n) is 1.54. The molecule has 0 aliphatic heterocycles. The van der Waals surface area contributed by atoms with Gasteiger partial charge in [-0.3, -0.25) is 0 Å². The van der Waals surface area contributed by atoms with Gasteiger partial charge in [0.25, 0.3) is 0 Å². The van der Waals surface area contributed by atoms with Crippen molar-refractivity contribution in [2.75, 3.05) is 20.2 Å². The van der Waals surface area contributed by atoms with Gasteiger partial charge in [0.1, 0.15) is 10.4 Å². The Morgan fingerprint density at radius 3 is 2.89 bits per heavy atom. The second kappa shape index (κ2) is 4.85. The van der Waals surface area contributed by atoms with Gasteiger partial charge in [-0.1, -0.05) is 11.6 Å². The van der Waals surface area contributed by atoms with E-state index in [-0.39, 0.29) is 28.7 Å². The molecule has 0 aliphatic carbocycles. The quantitative estimate of drug-likeness (QED) is 0.911. The van der Waals surface area contributed by atoms with E-state index in [1.807, 2.05) is 0 Å². The first-order chi connectivity index (χ1) is 8.48. The van der Waals surface area contributed by atoms with Crippen molar-refractivity contribution in [2.24, 2.45) is 0 Å². The van der Waals surface area contributed by atoms with Gasteiger partial charge in [0.15, 0.2) is 12.0 Å². The van der Waals surface area contributed by atoms with Gasteiger partial charge in [0.05, 0.1) is 11.6 Å². The number of oxazole rings is 1. The normalized spacial score (nSPS) is 12.4. The molecule has 1 N–H and O–H groups in total. The monoisotopic (exact) mass is 290 g/mol. The van der Waals surface area contributed by atoms with Gasteiger partial charge in [-0.05, 0) is 12.1 Å². The molecule has 0 atom stereocenters. The third-order valence-corrected chi connectivity index (χ3v) is 4.84. The molecule has 0 aliphatic rings. The van der Waals surface area contributed by atoms with Crippen LogP contribution >= 0.6 is 11.6 Å². The third-order valence-electron chi connectivity index (χ3n) is 2.49. The highest BCUT2D eigenvalue weighted by atomic mass is 35.5. The molecule has 2 rings (SSSR count). The maximum Gasteiger partial charge on any atom is 0.248 e. The predicted octanol–water partition coefficient (Wildman–Crippen LogP) is 1.09. The van der Waals surface area contributed by atoms with Crippen molar-refractivity contribution in [3.8, 4) is 0 Å². The van der Waals surface area contributed by atoms with Crippen LogP contribution in [0.4, 0.5) is 0 Å². The van der Waals surface area contributed by atoms with Crippen LogP contribution in [0.1, 0.15) is 0 Å². The van der Waals surface area contributed by atoms with Gasteiger partial charge in [-0.25, -0.2) is 13.4 Å². The molecule has 0 saturated carbocycles. The standard InChI is InChI=1S/C10H11ClN2O4S/c1-13(4-5-14)18(15,16)10-7(11)2-3-8-9(10)17-6-12-8/h2-3,6,14H,4-5H2,1H3. The Bertz CT molecular complexity index is 668. The predicted molar refractivity (Wildman–Crippen MR) is 65.9 cm³/mol. The Balaban J connectivity index is 2.66. The van der Waals surface area contributed by atoms with E-state index < -0.39 is 10.0 Å². The zero-order valence-electron chi connectivity index (χ0n) is 9.50. The minimum absolute atomic E-state index is 0.0246. The number of fused-ring (bicyclic) bond motifs is 1. The smallest absolute Gasteiger partial charge is 0.248 e. The zero-order chi connectivity index (χ0) is 13.3. The first-order valence-corrected chi connectivity index (χ1v) is 6.89. The molecule has 1 aromatic carbocycles. The highest BCUT2D eigenvalue weighted by molar-refractivity contribution is 7.89. The van der Waals surface area contributed by atoms with Crippen molar-refractivity contribution < 1.29 is 17.9 Å². The highest BCUT2D eigenvalue weighted by Crippen LogP contribution is 2.31. The van der Waals surface area contributed by atoms with Crippen LogP contribution < -0.4 is 0 Å². The van der Waals surface area contributed by atoms with Gasteiger partial charge in [-0.15, -0.1) is 0 Å². The number of aromatic nitrogens is 1. The Kier molecular flexibility index (Phi) is 3.58. The first-order valence-electron chi connectivity index (χ1n) is 5.07. The largest absolute Gasteiger partial charge is 0.442 e. The first kappa shape index (κ1) is 13.3. The van der Waals surface area contributed by atoms with E-state index >= 15 is 0 Å². The van der Waals surface area contributed by atoms with E-state index in [0.29, 0.717) is 5.52 Å². The highest BCUT2D eigenvalue weighted by Gasteiger charge is 2.27. The van der Waals surface area contributed by atoms with Crippen LogP contribution in [0.25, 0.3) is 11.1 Å². The van der Waals surface area contributed by atoms with Gasteiger partial charge < -0.3 is 9.52 Å². The molecular formula is C10H11ClN2O4S. The summed E-state index contributed by atoms with van der Waals surface area (Å²) in [6.45, 7) is -0.303. The summed E-state index contributed by atoms with van der Waals surface area (Å²) in [6.07, 6.45) is 1.16. The third kappa shape index (κ3) is 2.10. The molecule has 1 heterocycles. The number of aliphatic hydroxyl groups excluding tert-OH is 1. The van der Waals surface area contributed by atoms with E-state index in [9.17, 15) is 8.42 Å². The van der Waals surface area contributed by atoms with Crippen molar-refractivity contribution in [3.05, 3.63) is 23.5 Å². The van der Waals surface area contributed by atoms with Crippen molar-refractivity contribution in [1.29, 1.82) is 0 Å². The summed E-state index contributed by atoms with van der Waals surface area (Å²) < 4.78 is 30.7. The van der Waals surface area contributed by atoms with Crippen molar-refractivity contribution in [2.45, 2.75) is 4.90 Å². The summed E-state index contributed by atoms with van der Waals surface area (Å²) in [6, 6.07) is 3.03. The lowest BCUT2D eigenvalue weighted by Crippen LogP contribution is -2.30. The Labute approximate surface area is 109 Å². The van der Waals surface area contributed by atoms with E-state index in [4.69, 9.17) is 21.1 Å². The second-order valence-electron chi connectivity index (χ2n) is 3.63. The number of hydrogen-bond acceptors (Lipinski definition) is 5. The van der Waals surface area contributed by atoms with Crippen LogP contribution in [0.5, 0.6) is 0 Å². The molecule has 0 unspecified atom stereocenters. The lowest BCUT2D eigenvalue weighted by Gasteiger charge is -2.16. The Morgan fingerprint density at radius 1 is 1.50 bits per heavy atom. The fraction of sp³-hybridized carbons (Fsp3) is 0.300. The maximum atomic E-state index is 12.3. The van der Waals surface area contributed by atoms with E-state index in [1.54, 1.807) is 6.07 Å². The average molecular weight is 291 g/mol. The molecular weight excluding hydrogens is 280 g/mol. The van der Waals surface area contributed by atoms with Gasteiger partial charge >= 0.3 is 0 Å². The van der Waals surface area contributed by atoms with Crippen LogP contribution in [0.3, 0.4) is 0 Å². The summed E-state index contributed by atoms with van der Waals surface area (Å²) in [5.74, 6) is 0. The Morgan fingerprint density at radius 2 is 2.22 bits per heavy atom. The number of likely N-dealkylation sites (N-methyl/N-ethyl adjacent to an activating group) is 1. The number of halogens is 1. The number of benzene rings is 1. The molecule has 0 spiro atoms. The minimum Gasteiger partial charge on any atom is -0.442 e. The van der Waals surface area contributed by atoms with Gasteiger partial charge in [0, 0.05) is 13.6 Å². The molecule has 6 nitrogen and oxygen atoms in total. The molecule has 0 saturated heterocycles. The fourth-order valence-corrected chi connectivity index (χ4v) is 3.31. The van der Waals surface area contributed by atoms with Crippen molar-refractivity contribution in [3.63, 3.8) is 0 Å². The number of nitrogens with zero attached hydrogens (tertiary/aromatic N) is 2. The topological polar surface area (TPSA) is 83.6 Å². The lowest BCUT2D eigenvalue weighted by molar-refractivity contribution is 0.266. The molecule has 0 amide bonds. The number of aliphatic hydroxyl groups is 1. The van der Waals surface area contributed by atoms with E-state index in [1.165, 1.54) is 13.1 Å². The summed E-state index contributed by atoms with van der Waals surface area (Å²) >= 11 is 5.93. The number of rotatable bonds is 4. The molecule has 98 valence electrons. The average Bonchev–Trinajstić information content (AvgIpc) is 2.76. The number of hydrogen-bond donors (Lipinski definition) is 1. The zero-order valence-corrected chi connectivity index (χ0v) is 11.1. The van der Waals surface area contributed by atoms with Crippen molar-refractivity contribution >= 4 is 32.7 Å². The molecule has 18 heavy (non-hydrogen) atoms. The van der Waals surface area contributed by atoms with E-state index in [0.717, 1.165) is 10.7 Å². The molecule has 0 bridgehead atoms. The molecule has 0 radical (unpaired) electrons. The molecule has 8 heteroatoms. The summed E-state index contributed by atoms with van der Waals surface area (Å²) in [4.78, 5) is 3.75. The van der Waals surface area contributed by atoms with Gasteiger partial charge in [-0.2, -0.15) is 4.31 Å².